The second kappa shape index (κ2) is 6.76. The van der Waals surface area contributed by atoms with Crippen molar-refractivity contribution in [3.8, 4) is 0 Å². The number of piperidine rings is 1. The monoisotopic (exact) mass is 284 g/mol. The summed E-state index contributed by atoms with van der Waals surface area (Å²) in [5, 5.41) is 12.7. The van der Waals surface area contributed by atoms with Gasteiger partial charge in [0, 0.05) is 37.3 Å². The topological polar surface area (TPSA) is 61.8 Å². The lowest BCUT2D eigenvalue weighted by atomic mass is 9.81. The second-order valence-corrected chi connectivity index (χ2v) is 6.47. The van der Waals surface area contributed by atoms with Crippen LogP contribution in [0.3, 0.4) is 0 Å². The summed E-state index contributed by atoms with van der Waals surface area (Å²) in [6.07, 6.45) is 4.99. The van der Waals surface area contributed by atoms with Crippen LogP contribution in [-0.4, -0.2) is 54.5 Å². The Bertz CT molecular complexity index is 319. The number of likely N-dealkylation sites (tertiary alicyclic amines) is 1. The molecule has 2 saturated heterocycles. The second-order valence-electron chi connectivity index (χ2n) is 6.47. The number of carbonyl (C=O) groups excluding carboxylic acids is 1. The minimum Gasteiger partial charge on any atom is -0.396 e. The van der Waals surface area contributed by atoms with E-state index in [2.05, 4.69) is 19.2 Å². The number of aliphatic hydroxyl groups excluding tert-OH is 1. The van der Waals surface area contributed by atoms with Crippen molar-refractivity contribution in [1.29, 1.82) is 0 Å². The lowest BCUT2D eigenvalue weighted by molar-refractivity contribution is -0.0149. The summed E-state index contributed by atoms with van der Waals surface area (Å²) >= 11 is 0. The maximum absolute atomic E-state index is 12.4. The van der Waals surface area contributed by atoms with E-state index in [1.165, 1.54) is 6.42 Å². The molecule has 0 bridgehead atoms. The molecule has 2 aliphatic rings. The van der Waals surface area contributed by atoms with Gasteiger partial charge in [0.1, 0.15) is 0 Å². The first-order valence-corrected chi connectivity index (χ1v) is 7.83. The van der Waals surface area contributed by atoms with Crippen LogP contribution in [0.1, 0.15) is 46.0 Å². The molecule has 0 aromatic rings. The molecule has 0 aromatic heterocycles. The van der Waals surface area contributed by atoms with Gasteiger partial charge in [-0.2, -0.15) is 0 Å². The Kier molecular flexibility index (Phi) is 5.27. The Labute approximate surface area is 121 Å². The zero-order valence-corrected chi connectivity index (χ0v) is 12.7. The molecule has 20 heavy (non-hydrogen) atoms. The van der Waals surface area contributed by atoms with Crippen molar-refractivity contribution in [2.24, 2.45) is 5.41 Å². The van der Waals surface area contributed by atoms with Gasteiger partial charge in [0.25, 0.3) is 0 Å². The molecule has 2 heterocycles. The molecule has 0 aliphatic carbocycles. The van der Waals surface area contributed by atoms with Crippen LogP contribution in [0.4, 0.5) is 4.79 Å². The molecular weight excluding hydrogens is 256 g/mol. The van der Waals surface area contributed by atoms with Gasteiger partial charge >= 0.3 is 6.03 Å². The van der Waals surface area contributed by atoms with E-state index in [1.54, 1.807) is 0 Å². The third-order valence-corrected chi connectivity index (χ3v) is 4.93. The van der Waals surface area contributed by atoms with Crippen LogP contribution in [0.2, 0.25) is 0 Å². The third kappa shape index (κ3) is 3.44. The highest BCUT2D eigenvalue weighted by molar-refractivity contribution is 5.75. The summed E-state index contributed by atoms with van der Waals surface area (Å²) in [5.74, 6) is 0. The van der Waals surface area contributed by atoms with Gasteiger partial charge in [-0.1, -0.05) is 0 Å². The number of hydrogen-bond donors (Lipinski definition) is 2. The minimum absolute atomic E-state index is 0.0176. The summed E-state index contributed by atoms with van der Waals surface area (Å²) in [6.45, 7) is 6.24. The van der Waals surface area contributed by atoms with Crippen molar-refractivity contribution in [3.05, 3.63) is 0 Å². The van der Waals surface area contributed by atoms with Crippen LogP contribution < -0.4 is 5.32 Å². The molecule has 0 spiro atoms. The quantitative estimate of drug-likeness (QED) is 0.830. The first-order chi connectivity index (χ1) is 9.58. The Hall–Kier alpha value is -0.810. The molecule has 116 valence electrons. The van der Waals surface area contributed by atoms with Gasteiger partial charge < -0.3 is 20.1 Å². The van der Waals surface area contributed by atoms with Crippen molar-refractivity contribution >= 4 is 6.03 Å². The van der Waals surface area contributed by atoms with Gasteiger partial charge in [-0.25, -0.2) is 4.79 Å². The number of rotatable bonds is 3. The Morgan fingerprint density at radius 2 is 1.90 bits per heavy atom. The van der Waals surface area contributed by atoms with Crippen molar-refractivity contribution in [3.63, 3.8) is 0 Å². The third-order valence-electron chi connectivity index (χ3n) is 4.93. The Morgan fingerprint density at radius 3 is 2.45 bits per heavy atom. The highest BCUT2D eigenvalue weighted by Crippen LogP contribution is 2.29. The summed E-state index contributed by atoms with van der Waals surface area (Å²) in [7, 11) is 0. The fourth-order valence-electron chi connectivity index (χ4n) is 3.37. The van der Waals surface area contributed by atoms with Crippen molar-refractivity contribution in [2.45, 2.75) is 58.0 Å². The van der Waals surface area contributed by atoms with E-state index in [4.69, 9.17) is 4.74 Å². The maximum Gasteiger partial charge on any atom is 0.317 e. The van der Waals surface area contributed by atoms with Crippen molar-refractivity contribution < 1.29 is 14.6 Å². The molecule has 0 saturated carbocycles. The number of hydrogen-bond acceptors (Lipinski definition) is 3. The SMILES string of the molecule is CC1CCCC(C)N1C(=O)NCC1(CO)CCOCC1. The number of urea groups is 1. The van der Waals surface area contributed by atoms with Crippen molar-refractivity contribution in [1.82, 2.24) is 10.2 Å². The van der Waals surface area contributed by atoms with Crippen LogP contribution >= 0.6 is 0 Å². The van der Waals surface area contributed by atoms with E-state index in [9.17, 15) is 9.90 Å². The lowest BCUT2D eigenvalue weighted by Gasteiger charge is -2.41. The van der Waals surface area contributed by atoms with Gasteiger partial charge in [-0.15, -0.1) is 0 Å². The molecule has 2 atom stereocenters. The zero-order chi connectivity index (χ0) is 14.6. The predicted octanol–water partition coefficient (Wildman–Crippen LogP) is 1.75. The molecule has 2 amide bonds. The van der Waals surface area contributed by atoms with Gasteiger partial charge in [-0.05, 0) is 46.0 Å². The number of aliphatic hydroxyl groups is 1. The van der Waals surface area contributed by atoms with Gasteiger partial charge in [0.15, 0.2) is 0 Å². The van der Waals surface area contributed by atoms with Crippen LogP contribution in [0.25, 0.3) is 0 Å². The van der Waals surface area contributed by atoms with Gasteiger partial charge in [0.05, 0.1) is 6.61 Å². The molecule has 2 unspecified atom stereocenters. The predicted molar refractivity (Wildman–Crippen MR) is 77.6 cm³/mol. The van der Waals surface area contributed by atoms with Crippen molar-refractivity contribution in [2.75, 3.05) is 26.4 Å². The molecule has 0 aromatic carbocycles. The zero-order valence-electron chi connectivity index (χ0n) is 12.7. The van der Waals surface area contributed by atoms with Crippen LogP contribution in [0, 0.1) is 5.41 Å². The molecule has 2 rings (SSSR count). The van der Waals surface area contributed by atoms with E-state index < -0.39 is 0 Å². The smallest absolute Gasteiger partial charge is 0.317 e. The molecular formula is C15H28N2O3. The molecule has 2 fully saturated rings. The van der Waals surface area contributed by atoms with E-state index in [-0.39, 0.29) is 18.1 Å². The molecule has 5 heteroatoms. The summed E-state index contributed by atoms with van der Waals surface area (Å²) in [4.78, 5) is 14.4. The number of carbonyl (C=O) groups is 1. The summed E-state index contributed by atoms with van der Waals surface area (Å²) in [5.41, 5.74) is -0.198. The van der Waals surface area contributed by atoms with Gasteiger partial charge in [0.2, 0.25) is 0 Å². The first kappa shape index (κ1) is 15.6. The standard InChI is InChI=1S/C15H28N2O3/c1-12-4-3-5-13(2)17(12)14(19)16-10-15(11-18)6-8-20-9-7-15/h12-13,18H,3-11H2,1-2H3,(H,16,19). The minimum atomic E-state index is -0.198. The Balaban J connectivity index is 1.90. The molecule has 0 radical (unpaired) electrons. The molecule has 5 nitrogen and oxygen atoms in total. The number of amides is 2. The number of nitrogens with zero attached hydrogens (tertiary/aromatic N) is 1. The summed E-state index contributed by atoms with van der Waals surface area (Å²) in [6, 6.07) is 0.626. The average molecular weight is 284 g/mol. The molecule has 2 aliphatic heterocycles. The maximum atomic E-state index is 12.4. The number of ether oxygens (including phenoxy) is 1. The van der Waals surface area contributed by atoms with E-state index >= 15 is 0 Å². The largest absolute Gasteiger partial charge is 0.396 e. The van der Waals surface area contributed by atoms with E-state index in [1.807, 2.05) is 4.90 Å². The number of nitrogens with one attached hydrogen (secondary N) is 1. The lowest BCUT2D eigenvalue weighted by Crippen LogP contribution is -2.54. The van der Waals surface area contributed by atoms with Crippen LogP contribution in [-0.2, 0) is 4.74 Å². The first-order valence-electron chi connectivity index (χ1n) is 7.83. The summed E-state index contributed by atoms with van der Waals surface area (Å²) < 4.78 is 5.35. The normalized spacial score (nSPS) is 30.1. The molecule has 2 N–H and O–H groups in total. The highest BCUT2D eigenvalue weighted by Gasteiger charge is 2.34. The van der Waals surface area contributed by atoms with E-state index in [0.29, 0.717) is 31.8 Å². The highest BCUT2D eigenvalue weighted by atomic mass is 16.5. The van der Waals surface area contributed by atoms with Crippen LogP contribution in [0.5, 0.6) is 0 Å². The van der Waals surface area contributed by atoms with Gasteiger partial charge in [-0.3, -0.25) is 0 Å². The van der Waals surface area contributed by atoms with Crippen LogP contribution in [0.15, 0.2) is 0 Å². The van der Waals surface area contributed by atoms with E-state index in [0.717, 1.165) is 25.7 Å². The fourth-order valence-corrected chi connectivity index (χ4v) is 3.37. The Morgan fingerprint density at radius 1 is 1.30 bits per heavy atom. The average Bonchev–Trinajstić information content (AvgIpc) is 2.46. The fraction of sp³-hybridized carbons (Fsp3) is 0.933.